The number of nitrogens with zero attached hydrogens (tertiary/aromatic N) is 8. The van der Waals surface area contributed by atoms with Crippen LogP contribution in [-0.2, 0) is 19.2 Å². The van der Waals surface area contributed by atoms with Crippen molar-refractivity contribution in [3.8, 4) is 22.8 Å². The number of allylic oxidation sites excluding steroid dienone is 2. The van der Waals surface area contributed by atoms with Gasteiger partial charge in [0.2, 0.25) is 11.8 Å². The number of fused-ring (bicyclic) bond motifs is 1. The molecule has 1 atom stereocenters. The molecule has 1 unspecified atom stereocenters. The second-order valence-electron chi connectivity index (χ2n) is 17.1. The summed E-state index contributed by atoms with van der Waals surface area (Å²) in [5.74, 6) is -0.0654. The summed E-state index contributed by atoms with van der Waals surface area (Å²) in [5.41, 5.74) is 9.82. The van der Waals surface area contributed by atoms with Gasteiger partial charge >= 0.3 is 0 Å². The molecule has 7 heterocycles. The number of anilines is 1. The van der Waals surface area contributed by atoms with Crippen molar-refractivity contribution in [2.24, 2.45) is 5.41 Å². The van der Waals surface area contributed by atoms with E-state index in [4.69, 9.17) is 15.6 Å². The number of carbonyl (C=O) groups excluding carboxylic acids is 4. The molecular formula is C45H48N10O5. The molecule has 2 aromatic heterocycles. The van der Waals surface area contributed by atoms with Crippen LogP contribution < -0.4 is 15.8 Å². The van der Waals surface area contributed by atoms with Crippen molar-refractivity contribution in [3.05, 3.63) is 96.9 Å². The molecule has 6 fully saturated rings. The van der Waals surface area contributed by atoms with Crippen molar-refractivity contribution >= 4 is 40.5 Å². The zero-order valence-electron chi connectivity index (χ0n) is 33.4. The fourth-order valence-electron chi connectivity index (χ4n) is 10.1. The number of piperidine rings is 2. The largest absolute Gasteiger partial charge is 0.457 e. The lowest BCUT2D eigenvalue weighted by molar-refractivity contribution is -0.149. The first-order chi connectivity index (χ1) is 29.2. The minimum atomic E-state index is -0.991. The molecule has 3 N–H and O–H groups in total. The first-order valence-corrected chi connectivity index (χ1v) is 20.9. The maximum atomic E-state index is 13.4. The Hall–Kier alpha value is -6.03. The van der Waals surface area contributed by atoms with Crippen LogP contribution in [0.5, 0.6) is 11.5 Å². The van der Waals surface area contributed by atoms with Crippen molar-refractivity contribution in [1.29, 1.82) is 0 Å². The van der Waals surface area contributed by atoms with Crippen LogP contribution >= 0.6 is 0 Å². The van der Waals surface area contributed by atoms with E-state index >= 15 is 0 Å². The fraction of sp³-hybridized carbons (Fsp3) is 0.400. The number of carbonyl (C=O) groups is 4. The molecule has 1 spiro atoms. The molecule has 5 aliphatic heterocycles. The van der Waals surface area contributed by atoms with Crippen LogP contribution in [0.25, 0.3) is 22.3 Å². The molecule has 4 aromatic rings. The highest BCUT2D eigenvalue weighted by molar-refractivity contribution is 6.26. The highest BCUT2D eigenvalue weighted by atomic mass is 16.5. The second-order valence-corrected chi connectivity index (χ2v) is 17.1. The zero-order chi connectivity index (χ0) is 41.1. The molecule has 15 nitrogen and oxygen atoms in total. The number of nitrogens with two attached hydrogens (primary N) is 1. The number of rotatable bonds is 10. The Balaban J connectivity index is 0.703. The molecule has 4 amide bonds. The van der Waals surface area contributed by atoms with Crippen LogP contribution in [0.3, 0.4) is 0 Å². The lowest BCUT2D eigenvalue weighted by Crippen LogP contribution is -2.70. The molecule has 0 bridgehead atoms. The van der Waals surface area contributed by atoms with Gasteiger partial charge in [-0.1, -0.05) is 36.9 Å². The summed E-state index contributed by atoms with van der Waals surface area (Å²) in [6.45, 7) is 10.4. The first-order valence-electron chi connectivity index (χ1n) is 20.9. The van der Waals surface area contributed by atoms with Gasteiger partial charge in [0.15, 0.2) is 5.65 Å². The van der Waals surface area contributed by atoms with Crippen molar-refractivity contribution in [2.75, 3.05) is 51.5 Å². The van der Waals surface area contributed by atoms with Crippen LogP contribution in [0, 0.1) is 5.41 Å². The lowest BCUT2D eigenvalue weighted by atomic mass is 9.60. The third kappa shape index (κ3) is 6.79. The van der Waals surface area contributed by atoms with Gasteiger partial charge in [-0.25, -0.2) is 14.6 Å². The van der Waals surface area contributed by atoms with E-state index in [1.807, 2.05) is 54.6 Å². The minimum absolute atomic E-state index is 0.0850. The SMILES string of the molecule is C=C/C=C1/C(=O)N(C2CCC(=O)NC2=O)C(=O)/C1=C/CN1CC(N2CC(N3CCC4(CC3)CC(n3nc(-c5ccc(Oc6ccccc6)cc5)c5c(N)ncnc53)C4)C2)C1. The molecule has 1 aliphatic carbocycles. The van der Waals surface area contributed by atoms with Gasteiger partial charge in [0.05, 0.1) is 22.6 Å². The van der Waals surface area contributed by atoms with E-state index < -0.39 is 29.7 Å². The number of nitrogen functional groups attached to an aromatic ring is 1. The van der Waals surface area contributed by atoms with Gasteiger partial charge in [0, 0.05) is 56.8 Å². The van der Waals surface area contributed by atoms with E-state index in [9.17, 15) is 19.2 Å². The van der Waals surface area contributed by atoms with Gasteiger partial charge in [-0.2, -0.15) is 5.10 Å². The highest BCUT2D eigenvalue weighted by Crippen LogP contribution is 2.56. The predicted octanol–water partition coefficient (Wildman–Crippen LogP) is 3.87. The first kappa shape index (κ1) is 38.2. The molecule has 5 saturated heterocycles. The maximum absolute atomic E-state index is 13.4. The number of aromatic nitrogens is 4. The Morgan fingerprint density at radius 1 is 0.850 bits per heavy atom. The average Bonchev–Trinajstić information content (AvgIpc) is 3.70. The van der Waals surface area contributed by atoms with Crippen molar-refractivity contribution in [2.45, 2.75) is 62.7 Å². The van der Waals surface area contributed by atoms with Crippen LogP contribution in [0.2, 0.25) is 0 Å². The number of ether oxygens (including phenoxy) is 1. The fourth-order valence-corrected chi connectivity index (χ4v) is 10.1. The second kappa shape index (κ2) is 15.2. The van der Waals surface area contributed by atoms with E-state index in [0.717, 1.165) is 90.8 Å². The summed E-state index contributed by atoms with van der Waals surface area (Å²) < 4.78 is 8.10. The summed E-state index contributed by atoms with van der Waals surface area (Å²) in [6, 6.07) is 18.0. The molecule has 1 saturated carbocycles. The quantitative estimate of drug-likeness (QED) is 0.175. The number of amides is 4. The van der Waals surface area contributed by atoms with Gasteiger partial charge in [0.1, 0.15) is 35.4 Å². The Labute approximate surface area is 347 Å². The lowest BCUT2D eigenvalue weighted by Gasteiger charge is -2.57. The van der Waals surface area contributed by atoms with Gasteiger partial charge in [-0.15, -0.1) is 0 Å². The van der Waals surface area contributed by atoms with Gasteiger partial charge < -0.3 is 10.5 Å². The van der Waals surface area contributed by atoms with E-state index in [2.05, 4.69) is 41.2 Å². The summed E-state index contributed by atoms with van der Waals surface area (Å²) >= 11 is 0. The van der Waals surface area contributed by atoms with Crippen LogP contribution in [0.1, 0.15) is 44.6 Å². The molecule has 2 aromatic carbocycles. The smallest absolute Gasteiger partial charge is 0.262 e. The summed E-state index contributed by atoms with van der Waals surface area (Å²) in [5, 5.41) is 8.17. The van der Waals surface area contributed by atoms with Crippen molar-refractivity contribution in [3.63, 3.8) is 0 Å². The monoisotopic (exact) mass is 808 g/mol. The Morgan fingerprint density at radius 2 is 1.55 bits per heavy atom. The van der Waals surface area contributed by atoms with E-state index in [0.29, 0.717) is 29.9 Å². The topological polar surface area (TPSA) is 172 Å². The van der Waals surface area contributed by atoms with Gasteiger partial charge in [0.25, 0.3) is 11.8 Å². The number of nitrogens with one attached hydrogen (secondary N) is 1. The average molecular weight is 809 g/mol. The Morgan fingerprint density at radius 3 is 2.27 bits per heavy atom. The number of benzene rings is 2. The summed E-state index contributed by atoms with van der Waals surface area (Å²) in [6.07, 6.45) is 11.1. The minimum Gasteiger partial charge on any atom is -0.457 e. The summed E-state index contributed by atoms with van der Waals surface area (Å²) in [7, 11) is 0. The molecule has 0 radical (unpaired) electrons. The summed E-state index contributed by atoms with van der Waals surface area (Å²) in [4.78, 5) is 68.3. The Bertz CT molecular complexity index is 2430. The maximum Gasteiger partial charge on any atom is 0.262 e. The number of likely N-dealkylation sites (tertiary alicyclic amines) is 4. The van der Waals surface area contributed by atoms with Gasteiger partial charge in [-0.3, -0.25) is 44.1 Å². The van der Waals surface area contributed by atoms with Gasteiger partial charge in [-0.05, 0) is 93.1 Å². The highest BCUT2D eigenvalue weighted by Gasteiger charge is 2.50. The third-order valence-electron chi connectivity index (χ3n) is 13.6. The number of hydrogen-bond donors (Lipinski definition) is 2. The van der Waals surface area contributed by atoms with Crippen LogP contribution in [0.15, 0.2) is 96.9 Å². The molecule has 10 rings (SSSR count). The van der Waals surface area contributed by atoms with E-state index in [1.54, 1.807) is 6.08 Å². The number of hydrogen-bond acceptors (Lipinski definition) is 12. The molecule has 15 heteroatoms. The molecule has 60 heavy (non-hydrogen) atoms. The van der Waals surface area contributed by atoms with Crippen LogP contribution in [0.4, 0.5) is 5.82 Å². The molecular weight excluding hydrogens is 761 g/mol. The van der Waals surface area contributed by atoms with E-state index in [1.165, 1.54) is 31.3 Å². The number of imide groups is 2. The zero-order valence-corrected chi connectivity index (χ0v) is 33.4. The van der Waals surface area contributed by atoms with Crippen molar-refractivity contribution < 1.29 is 23.9 Å². The normalized spacial score (nSPS) is 24.6. The molecule has 308 valence electrons. The number of para-hydroxylation sites is 1. The third-order valence-corrected chi connectivity index (χ3v) is 13.6. The standard InChI is InChI=1S/C45H48N10O5/c1-2-6-34-35(44(59)54(43(34)58)36-13-14-37(56)49-42(36)57)15-18-51-23-30(24-51)53-25-31(26-53)52-19-16-45(17-20-52)21-29(22-45)55-41-38(40(46)47-27-48-41)39(50-55)28-9-11-33(12-10-28)60-32-7-4-3-5-8-32/h2-12,15,27,29-31,36H,1,13-14,16-26H2,(H2,46,47,48)(H,49,56,57)/b34-6+,35-15+. The predicted molar refractivity (Wildman–Crippen MR) is 223 cm³/mol. The van der Waals surface area contributed by atoms with Crippen LogP contribution in [-0.4, -0.2) is 127 Å². The van der Waals surface area contributed by atoms with Crippen molar-refractivity contribution in [1.82, 2.24) is 44.7 Å². The van der Waals surface area contributed by atoms with E-state index in [-0.39, 0.29) is 30.0 Å². The molecule has 6 aliphatic rings. The Kier molecular flexibility index (Phi) is 9.68.